The fourth-order valence-corrected chi connectivity index (χ4v) is 1.17. The predicted octanol–water partition coefficient (Wildman–Crippen LogP) is 0.299. The van der Waals surface area contributed by atoms with Crippen molar-refractivity contribution in [2.75, 3.05) is 19.8 Å². The van der Waals surface area contributed by atoms with Crippen molar-refractivity contribution in [3.05, 3.63) is 0 Å². The first-order valence-corrected chi connectivity index (χ1v) is 4.86. The Balaban J connectivity index is 2.04. The molecule has 0 aromatic carbocycles. The molecule has 0 saturated heterocycles. The van der Waals surface area contributed by atoms with Crippen LogP contribution in [0.15, 0.2) is 0 Å². The molecule has 0 atom stereocenters. The number of nitrogens with one attached hydrogen (secondary N) is 1. The average Bonchev–Trinajstić information content (AvgIpc) is 2.93. The lowest BCUT2D eigenvalue weighted by molar-refractivity contribution is -0.123. The molecule has 1 aliphatic carbocycles. The average molecular weight is 223 g/mol. The number of halogens is 2. The predicted molar refractivity (Wildman–Crippen MR) is 48.6 cm³/mol. The summed E-state index contributed by atoms with van der Waals surface area (Å²) < 4.78 is 27.8. The highest BCUT2D eigenvalue weighted by molar-refractivity contribution is 5.77. The van der Waals surface area contributed by atoms with Crippen LogP contribution in [0.3, 0.4) is 0 Å². The van der Waals surface area contributed by atoms with Gasteiger partial charge in [-0.15, -0.1) is 0 Å². The molecule has 0 unspecified atom stereocenters. The minimum atomic E-state index is -2.50. The van der Waals surface area contributed by atoms with Gasteiger partial charge in [0.1, 0.15) is 6.61 Å². The summed E-state index contributed by atoms with van der Waals surface area (Å²) in [6.45, 7) is -0.729. The van der Waals surface area contributed by atoms with Crippen LogP contribution in [-0.4, -0.2) is 42.8 Å². The molecule has 0 aromatic rings. The molecular formula is C9H15F2NO3. The first kappa shape index (κ1) is 12.3. The van der Waals surface area contributed by atoms with Gasteiger partial charge >= 0.3 is 0 Å². The van der Waals surface area contributed by atoms with Gasteiger partial charge in [0.15, 0.2) is 0 Å². The van der Waals surface area contributed by atoms with Gasteiger partial charge in [-0.1, -0.05) is 0 Å². The van der Waals surface area contributed by atoms with Gasteiger partial charge in [0.2, 0.25) is 5.91 Å². The molecule has 1 amide bonds. The Morgan fingerprint density at radius 1 is 1.53 bits per heavy atom. The van der Waals surface area contributed by atoms with Crippen molar-refractivity contribution in [3.8, 4) is 0 Å². The maximum atomic E-state index is 11.6. The quantitative estimate of drug-likeness (QED) is 0.610. The molecule has 88 valence electrons. The number of ether oxygens (including phenoxy) is 1. The van der Waals surface area contributed by atoms with E-state index < -0.39 is 18.6 Å². The fourth-order valence-electron chi connectivity index (χ4n) is 1.17. The smallest absolute Gasteiger partial charge is 0.261 e. The molecule has 1 rings (SSSR count). The third-order valence-corrected chi connectivity index (χ3v) is 2.28. The van der Waals surface area contributed by atoms with Crippen LogP contribution in [-0.2, 0) is 9.53 Å². The summed E-state index contributed by atoms with van der Waals surface area (Å²) in [6.07, 6.45) is -0.908. The zero-order chi connectivity index (χ0) is 11.3. The normalized spacial score (nSPS) is 17.9. The summed E-state index contributed by atoms with van der Waals surface area (Å²) >= 11 is 0. The molecule has 0 bridgehead atoms. The van der Waals surface area contributed by atoms with Crippen molar-refractivity contribution >= 4 is 5.91 Å². The molecule has 2 N–H and O–H groups in total. The monoisotopic (exact) mass is 223 g/mol. The maximum Gasteiger partial charge on any atom is 0.261 e. The van der Waals surface area contributed by atoms with E-state index in [1.54, 1.807) is 0 Å². The van der Waals surface area contributed by atoms with E-state index in [9.17, 15) is 13.6 Å². The van der Waals surface area contributed by atoms with Crippen molar-refractivity contribution in [2.45, 2.75) is 31.2 Å². The Labute approximate surface area is 86.6 Å². The van der Waals surface area contributed by atoms with Crippen LogP contribution >= 0.6 is 0 Å². The Bertz CT molecular complexity index is 219. The van der Waals surface area contributed by atoms with Crippen molar-refractivity contribution in [3.63, 3.8) is 0 Å². The van der Waals surface area contributed by atoms with Crippen LogP contribution in [0.1, 0.15) is 19.3 Å². The molecule has 1 saturated carbocycles. The molecule has 15 heavy (non-hydrogen) atoms. The molecular weight excluding hydrogens is 208 g/mol. The van der Waals surface area contributed by atoms with Gasteiger partial charge in [-0.3, -0.25) is 4.79 Å². The maximum absolute atomic E-state index is 11.6. The Morgan fingerprint density at radius 2 is 2.20 bits per heavy atom. The molecule has 4 nitrogen and oxygen atoms in total. The van der Waals surface area contributed by atoms with Crippen LogP contribution in [0.4, 0.5) is 8.78 Å². The zero-order valence-corrected chi connectivity index (χ0v) is 8.34. The first-order valence-electron chi connectivity index (χ1n) is 4.86. The zero-order valence-electron chi connectivity index (χ0n) is 8.34. The van der Waals surface area contributed by atoms with Gasteiger partial charge in [-0.05, 0) is 12.8 Å². The lowest BCUT2D eigenvalue weighted by Crippen LogP contribution is -2.39. The van der Waals surface area contributed by atoms with E-state index in [1.165, 1.54) is 0 Å². The summed E-state index contributed by atoms with van der Waals surface area (Å²) in [5, 5.41) is 11.6. The van der Waals surface area contributed by atoms with Crippen LogP contribution in [0, 0.1) is 0 Å². The van der Waals surface area contributed by atoms with Crippen LogP contribution in [0.2, 0.25) is 0 Å². The van der Waals surface area contributed by atoms with E-state index >= 15 is 0 Å². The summed E-state index contributed by atoms with van der Waals surface area (Å²) in [5.74, 6) is -0.268. The van der Waals surface area contributed by atoms with Crippen molar-refractivity contribution < 1.29 is 23.4 Å². The third-order valence-electron chi connectivity index (χ3n) is 2.28. The summed E-state index contributed by atoms with van der Waals surface area (Å²) in [7, 11) is 0. The first-order chi connectivity index (χ1) is 7.08. The molecule has 0 heterocycles. The van der Waals surface area contributed by atoms with Crippen molar-refractivity contribution in [1.82, 2.24) is 5.32 Å². The lowest BCUT2D eigenvalue weighted by atomic mass is 10.3. The topological polar surface area (TPSA) is 58.6 Å². The molecule has 1 aliphatic rings. The van der Waals surface area contributed by atoms with Crippen LogP contribution in [0.5, 0.6) is 0 Å². The van der Waals surface area contributed by atoms with Gasteiger partial charge in [-0.2, -0.15) is 0 Å². The van der Waals surface area contributed by atoms with Gasteiger partial charge in [0, 0.05) is 6.42 Å². The second-order valence-electron chi connectivity index (χ2n) is 3.70. The van der Waals surface area contributed by atoms with Crippen LogP contribution < -0.4 is 5.32 Å². The second kappa shape index (κ2) is 5.37. The molecule has 0 aromatic heterocycles. The molecule has 0 aliphatic heterocycles. The number of hydrogen-bond acceptors (Lipinski definition) is 3. The molecule has 0 radical (unpaired) electrons. The third kappa shape index (κ3) is 4.53. The summed E-state index contributed by atoms with van der Waals surface area (Å²) in [4.78, 5) is 11.2. The SMILES string of the molecule is O=C(CCOCC(F)F)NC1(CO)CC1. The highest BCUT2D eigenvalue weighted by Gasteiger charge is 2.43. The number of alkyl halides is 2. The van der Waals surface area contributed by atoms with Crippen LogP contribution in [0.25, 0.3) is 0 Å². The number of amides is 1. The molecule has 6 heteroatoms. The molecule has 0 spiro atoms. The number of hydrogen-bond donors (Lipinski definition) is 2. The molecule has 1 fully saturated rings. The summed E-state index contributed by atoms with van der Waals surface area (Å²) in [6, 6.07) is 0. The van der Waals surface area contributed by atoms with Gasteiger partial charge in [0.05, 0.1) is 18.8 Å². The Hall–Kier alpha value is -0.750. The van der Waals surface area contributed by atoms with E-state index in [-0.39, 0.29) is 25.5 Å². The number of carbonyl (C=O) groups excluding carboxylic acids is 1. The van der Waals surface area contributed by atoms with Gasteiger partial charge in [0.25, 0.3) is 6.43 Å². The van der Waals surface area contributed by atoms with Gasteiger partial charge < -0.3 is 15.2 Å². The van der Waals surface area contributed by atoms with E-state index in [0.717, 1.165) is 12.8 Å². The van der Waals surface area contributed by atoms with Crippen molar-refractivity contribution in [2.24, 2.45) is 0 Å². The largest absolute Gasteiger partial charge is 0.394 e. The highest BCUT2D eigenvalue weighted by Crippen LogP contribution is 2.34. The minimum Gasteiger partial charge on any atom is -0.394 e. The van der Waals surface area contributed by atoms with E-state index in [4.69, 9.17) is 5.11 Å². The second-order valence-corrected chi connectivity index (χ2v) is 3.70. The van der Waals surface area contributed by atoms with E-state index in [1.807, 2.05) is 0 Å². The Morgan fingerprint density at radius 3 is 2.67 bits per heavy atom. The van der Waals surface area contributed by atoms with Gasteiger partial charge in [-0.25, -0.2) is 8.78 Å². The highest BCUT2D eigenvalue weighted by atomic mass is 19.3. The van der Waals surface area contributed by atoms with Crippen molar-refractivity contribution in [1.29, 1.82) is 0 Å². The summed E-state index contributed by atoms with van der Waals surface area (Å²) in [5.41, 5.74) is -0.445. The number of aliphatic hydroxyl groups is 1. The number of aliphatic hydroxyl groups excluding tert-OH is 1. The number of carbonyl (C=O) groups is 1. The van der Waals surface area contributed by atoms with E-state index in [0.29, 0.717) is 0 Å². The minimum absolute atomic E-state index is 0.0162. The standard InChI is InChI=1S/C9H15F2NO3/c10-7(11)5-15-4-1-8(14)12-9(6-13)2-3-9/h7,13H,1-6H2,(H,12,14). The Kier molecular flexibility index (Phi) is 4.41. The van der Waals surface area contributed by atoms with E-state index in [2.05, 4.69) is 10.1 Å². The lowest BCUT2D eigenvalue weighted by Gasteiger charge is -2.13. The fraction of sp³-hybridized carbons (Fsp3) is 0.889. The number of rotatable bonds is 7.